The van der Waals surface area contributed by atoms with Gasteiger partial charge in [-0.15, -0.1) is 0 Å². The van der Waals surface area contributed by atoms with Gasteiger partial charge in [0.2, 0.25) is 0 Å². The lowest BCUT2D eigenvalue weighted by molar-refractivity contribution is 0.211. The van der Waals surface area contributed by atoms with Crippen molar-refractivity contribution in [3.8, 4) is 0 Å². The highest BCUT2D eigenvalue weighted by molar-refractivity contribution is 5.33. The first-order chi connectivity index (χ1) is 9.54. The fourth-order valence-electron chi connectivity index (χ4n) is 2.36. The fraction of sp³-hybridized carbons (Fsp3) is 0.688. The van der Waals surface area contributed by atoms with Crippen LogP contribution >= 0.6 is 0 Å². The standard InChI is InChI=1S/C16H29N3O/c1-4-5-6-10-18(14(2)3)11-7-12-19-13-15(17)8-9-16(19)20/h8-9,13-14H,4-7,10-12,17H2,1-3H3. The van der Waals surface area contributed by atoms with Gasteiger partial charge in [0.1, 0.15) is 0 Å². The summed E-state index contributed by atoms with van der Waals surface area (Å²) in [4.78, 5) is 14.2. The highest BCUT2D eigenvalue weighted by Crippen LogP contribution is 2.05. The number of hydrogen-bond acceptors (Lipinski definition) is 3. The molecule has 0 fully saturated rings. The van der Waals surface area contributed by atoms with E-state index in [1.807, 2.05) is 0 Å². The van der Waals surface area contributed by atoms with Gasteiger partial charge in [-0.25, -0.2) is 0 Å². The zero-order chi connectivity index (χ0) is 15.0. The average molecular weight is 279 g/mol. The van der Waals surface area contributed by atoms with Crippen molar-refractivity contribution in [3.05, 3.63) is 28.7 Å². The van der Waals surface area contributed by atoms with Crippen LogP contribution in [0.25, 0.3) is 0 Å². The highest BCUT2D eigenvalue weighted by Gasteiger charge is 2.08. The predicted molar refractivity (Wildman–Crippen MR) is 86.0 cm³/mol. The smallest absolute Gasteiger partial charge is 0.250 e. The van der Waals surface area contributed by atoms with Crippen molar-refractivity contribution >= 4 is 5.69 Å². The lowest BCUT2D eigenvalue weighted by Crippen LogP contribution is -2.33. The van der Waals surface area contributed by atoms with Gasteiger partial charge in [0, 0.05) is 37.1 Å². The molecule has 0 aliphatic heterocycles. The Bertz CT molecular complexity index is 440. The first-order valence-corrected chi connectivity index (χ1v) is 7.74. The summed E-state index contributed by atoms with van der Waals surface area (Å²) in [5, 5.41) is 0. The molecule has 0 amide bonds. The van der Waals surface area contributed by atoms with E-state index in [-0.39, 0.29) is 5.56 Å². The summed E-state index contributed by atoms with van der Waals surface area (Å²) >= 11 is 0. The second-order valence-electron chi connectivity index (χ2n) is 5.68. The van der Waals surface area contributed by atoms with E-state index in [1.54, 1.807) is 16.8 Å². The molecule has 0 saturated heterocycles. The number of nitrogens with two attached hydrogens (primary N) is 1. The van der Waals surface area contributed by atoms with Crippen molar-refractivity contribution in [3.63, 3.8) is 0 Å². The molecule has 0 aliphatic rings. The number of unbranched alkanes of at least 4 members (excludes halogenated alkanes) is 2. The molecule has 114 valence electrons. The van der Waals surface area contributed by atoms with Crippen LogP contribution in [-0.2, 0) is 6.54 Å². The lowest BCUT2D eigenvalue weighted by atomic mass is 10.2. The monoisotopic (exact) mass is 279 g/mol. The Hall–Kier alpha value is -1.29. The number of rotatable bonds is 9. The quantitative estimate of drug-likeness (QED) is 0.707. The zero-order valence-electron chi connectivity index (χ0n) is 13.1. The molecule has 0 radical (unpaired) electrons. The van der Waals surface area contributed by atoms with Crippen LogP contribution < -0.4 is 11.3 Å². The summed E-state index contributed by atoms with van der Waals surface area (Å²) in [6, 6.07) is 3.75. The largest absolute Gasteiger partial charge is 0.398 e. The molecule has 1 aromatic rings. The first-order valence-electron chi connectivity index (χ1n) is 7.74. The number of aryl methyl sites for hydroxylation is 1. The third kappa shape index (κ3) is 5.78. The van der Waals surface area contributed by atoms with Gasteiger partial charge in [-0.2, -0.15) is 0 Å². The van der Waals surface area contributed by atoms with Crippen molar-refractivity contribution in [1.82, 2.24) is 9.47 Å². The summed E-state index contributed by atoms with van der Waals surface area (Å²) < 4.78 is 1.71. The topological polar surface area (TPSA) is 51.3 Å². The molecule has 0 atom stereocenters. The Morgan fingerprint density at radius 2 is 1.90 bits per heavy atom. The van der Waals surface area contributed by atoms with Gasteiger partial charge in [0.15, 0.2) is 0 Å². The SMILES string of the molecule is CCCCCN(CCCn1cc(N)ccc1=O)C(C)C. The van der Waals surface area contributed by atoms with Gasteiger partial charge in [0.05, 0.1) is 0 Å². The average Bonchev–Trinajstić information content (AvgIpc) is 2.40. The van der Waals surface area contributed by atoms with Crippen LogP contribution in [0, 0.1) is 0 Å². The molecule has 4 heteroatoms. The van der Waals surface area contributed by atoms with E-state index in [2.05, 4.69) is 25.7 Å². The molecule has 0 spiro atoms. The maximum absolute atomic E-state index is 11.7. The second kappa shape index (κ2) is 8.80. The van der Waals surface area contributed by atoms with Crippen molar-refractivity contribution in [2.24, 2.45) is 0 Å². The Morgan fingerprint density at radius 1 is 1.20 bits per heavy atom. The Kier molecular flexibility index (Phi) is 7.37. The summed E-state index contributed by atoms with van der Waals surface area (Å²) in [5.41, 5.74) is 6.39. The van der Waals surface area contributed by atoms with E-state index in [1.165, 1.54) is 25.3 Å². The molecule has 1 rings (SSSR count). The molecule has 0 bridgehead atoms. The van der Waals surface area contributed by atoms with Gasteiger partial charge in [-0.05, 0) is 39.3 Å². The van der Waals surface area contributed by atoms with Crippen LogP contribution in [0.2, 0.25) is 0 Å². The third-order valence-electron chi connectivity index (χ3n) is 3.63. The normalized spacial score (nSPS) is 11.4. The van der Waals surface area contributed by atoms with Gasteiger partial charge in [-0.1, -0.05) is 19.8 Å². The number of hydrogen-bond donors (Lipinski definition) is 1. The van der Waals surface area contributed by atoms with E-state index >= 15 is 0 Å². The molecule has 2 N–H and O–H groups in total. The van der Waals surface area contributed by atoms with Crippen molar-refractivity contribution in [2.75, 3.05) is 18.8 Å². The minimum absolute atomic E-state index is 0.0290. The molecule has 0 unspecified atom stereocenters. The molecule has 1 heterocycles. The summed E-state index contributed by atoms with van der Waals surface area (Å²) in [6.45, 7) is 9.62. The van der Waals surface area contributed by atoms with Crippen LogP contribution in [0.5, 0.6) is 0 Å². The van der Waals surface area contributed by atoms with Crippen LogP contribution in [0.1, 0.15) is 46.5 Å². The third-order valence-corrected chi connectivity index (χ3v) is 3.63. The van der Waals surface area contributed by atoms with E-state index in [9.17, 15) is 4.79 Å². The highest BCUT2D eigenvalue weighted by atomic mass is 16.1. The number of pyridine rings is 1. The molecular weight excluding hydrogens is 250 g/mol. The maximum atomic E-state index is 11.7. The number of nitrogen functional groups attached to an aromatic ring is 1. The minimum atomic E-state index is 0.0290. The molecular formula is C16H29N3O. The zero-order valence-corrected chi connectivity index (χ0v) is 13.1. The minimum Gasteiger partial charge on any atom is -0.398 e. The molecule has 0 saturated carbocycles. The van der Waals surface area contributed by atoms with E-state index < -0.39 is 0 Å². The van der Waals surface area contributed by atoms with Gasteiger partial charge in [-0.3, -0.25) is 4.79 Å². The van der Waals surface area contributed by atoms with Gasteiger partial charge >= 0.3 is 0 Å². The molecule has 1 aromatic heterocycles. The molecule has 0 aliphatic carbocycles. The van der Waals surface area contributed by atoms with Crippen molar-refractivity contribution in [1.29, 1.82) is 0 Å². The van der Waals surface area contributed by atoms with Crippen LogP contribution in [-0.4, -0.2) is 28.6 Å². The van der Waals surface area contributed by atoms with Crippen LogP contribution in [0.15, 0.2) is 23.1 Å². The number of anilines is 1. The van der Waals surface area contributed by atoms with Crippen molar-refractivity contribution in [2.45, 2.75) is 59.0 Å². The predicted octanol–water partition coefficient (Wildman–Crippen LogP) is 2.72. The number of aromatic nitrogens is 1. The summed E-state index contributed by atoms with van der Waals surface area (Å²) in [7, 11) is 0. The Morgan fingerprint density at radius 3 is 2.55 bits per heavy atom. The molecule has 0 aromatic carbocycles. The summed E-state index contributed by atoms with van der Waals surface area (Å²) in [6.07, 6.45) is 6.52. The van der Waals surface area contributed by atoms with Crippen LogP contribution in [0.4, 0.5) is 5.69 Å². The van der Waals surface area contributed by atoms with Gasteiger partial charge in [0.25, 0.3) is 5.56 Å². The Labute approximate surface area is 122 Å². The fourth-order valence-corrected chi connectivity index (χ4v) is 2.36. The summed E-state index contributed by atoms with van der Waals surface area (Å²) in [5.74, 6) is 0. The molecule has 20 heavy (non-hydrogen) atoms. The lowest BCUT2D eigenvalue weighted by Gasteiger charge is -2.26. The van der Waals surface area contributed by atoms with E-state index in [0.29, 0.717) is 11.7 Å². The van der Waals surface area contributed by atoms with Crippen molar-refractivity contribution < 1.29 is 0 Å². The Balaban J connectivity index is 2.43. The molecule has 4 nitrogen and oxygen atoms in total. The van der Waals surface area contributed by atoms with E-state index in [4.69, 9.17) is 5.73 Å². The number of nitrogens with zero attached hydrogens (tertiary/aromatic N) is 2. The van der Waals surface area contributed by atoms with Crippen LogP contribution in [0.3, 0.4) is 0 Å². The maximum Gasteiger partial charge on any atom is 0.250 e. The second-order valence-corrected chi connectivity index (χ2v) is 5.68. The van der Waals surface area contributed by atoms with E-state index in [0.717, 1.165) is 26.1 Å². The van der Waals surface area contributed by atoms with Gasteiger partial charge < -0.3 is 15.2 Å². The first kappa shape index (κ1) is 16.8.